The number of aliphatic hydroxyl groups excluding tert-OH is 1. The molecule has 0 aliphatic heterocycles. The smallest absolute Gasteiger partial charge is 0.306 e. The van der Waals surface area contributed by atoms with E-state index in [1.807, 2.05) is 0 Å². The van der Waals surface area contributed by atoms with E-state index in [-0.39, 0.29) is 25.2 Å². The van der Waals surface area contributed by atoms with Gasteiger partial charge in [-0.15, -0.1) is 0 Å². The Morgan fingerprint density at radius 1 is 0.250 bits per heavy atom. The average molecular weight is 1270 g/mol. The predicted octanol–water partition coefficient (Wildman–Crippen LogP) is 27.5. The Hall–Kier alpha value is -4.74. The Bertz CT molecular complexity index is 1980. The van der Waals surface area contributed by atoms with Crippen LogP contribution in [0.25, 0.3) is 0 Å². The highest BCUT2D eigenvalue weighted by molar-refractivity contribution is 5.70. The van der Waals surface area contributed by atoms with E-state index in [0.717, 1.165) is 128 Å². The molecule has 1 atom stereocenters. The molecule has 92 heavy (non-hydrogen) atoms. The summed E-state index contributed by atoms with van der Waals surface area (Å²) in [5.74, 6) is -0.583. The van der Waals surface area contributed by atoms with Crippen molar-refractivity contribution >= 4 is 11.9 Å². The van der Waals surface area contributed by atoms with Crippen LogP contribution in [0.5, 0.6) is 0 Å². The van der Waals surface area contributed by atoms with Gasteiger partial charge in [0, 0.05) is 12.8 Å². The number of esters is 2. The second-order valence-corrected chi connectivity index (χ2v) is 25.3. The number of ether oxygens (including phenoxy) is 2. The molecule has 0 rings (SSSR count). The average Bonchev–Trinajstić information content (AvgIpc) is 3.64. The van der Waals surface area contributed by atoms with Crippen LogP contribution < -0.4 is 0 Å². The number of aliphatic hydroxyl groups is 1. The quantitative estimate of drug-likeness (QED) is 0.0373. The van der Waals surface area contributed by atoms with Gasteiger partial charge in [0.25, 0.3) is 0 Å². The molecule has 522 valence electrons. The van der Waals surface area contributed by atoms with Crippen LogP contribution in [0.3, 0.4) is 0 Å². The van der Waals surface area contributed by atoms with E-state index in [9.17, 15) is 14.7 Å². The lowest BCUT2D eigenvalue weighted by molar-refractivity contribution is -0.161. The molecule has 0 aliphatic carbocycles. The van der Waals surface area contributed by atoms with Crippen molar-refractivity contribution in [1.29, 1.82) is 0 Å². The van der Waals surface area contributed by atoms with Gasteiger partial charge in [0.05, 0.1) is 6.61 Å². The van der Waals surface area contributed by atoms with Gasteiger partial charge in [-0.3, -0.25) is 9.59 Å². The Kier molecular flexibility index (Phi) is 76.3. The molecule has 0 amide bonds. The fourth-order valence-electron chi connectivity index (χ4n) is 10.8. The molecule has 5 nitrogen and oxygen atoms in total. The Balaban J connectivity index is 3.48. The van der Waals surface area contributed by atoms with E-state index in [4.69, 9.17) is 9.47 Å². The Labute approximate surface area is 570 Å². The van der Waals surface area contributed by atoms with E-state index in [0.29, 0.717) is 12.8 Å². The van der Waals surface area contributed by atoms with Crippen molar-refractivity contribution in [3.63, 3.8) is 0 Å². The van der Waals surface area contributed by atoms with Crippen molar-refractivity contribution in [3.8, 4) is 0 Å². The second kappa shape index (κ2) is 80.5. The lowest BCUT2D eigenvalue weighted by Gasteiger charge is -2.15. The van der Waals surface area contributed by atoms with Gasteiger partial charge in [-0.2, -0.15) is 0 Å². The minimum atomic E-state index is -0.781. The van der Waals surface area contributed by atoms with Crippen molar-refractivity contribution in [2.45, 2.75) is 354 Å². The van der Waals surface area contributed by atoms with E-state index >= 15 is 0 Å². The zero-order valence-electron chi connectivity index (χ0n) is 60.0. The summed E-state index contributed by atoms with van der Waals surface area (Å²) in [6, 6.07) is 0. The fraction of sp³-hybridized carbons (Fsp3) is 0.655. The summed E-state index contributed by atoms with van der Waals surface area (Å²) in [5.41, 5.74) is 0. The maximum absolute atomic E-state index is 12.4. The molecule has 0 aliphatic rings. The van der Waals surface area contributed by atoms with Crippen LogP contribution in [0.4, 0.5) is 0 Å². The van der Waals surface area contributed by atoms with Crippen molar-refractivity contribution < 1.29 is 24.2 Å². The summed E-state index contributed by atoms with van der Waals surface area (Å²) < 4.78 is 10.8. The summed E-state index contributed by atoms with van der Waals surface area (Å²) in [6.07, 6.45) is 124. The minimum Gasteiger partial charge on any atom is -0.462 e. The summed E-state index contributed by atoms with van der Waals surface area (Å²) in [6.45, 7) is 3.94. The molecular formula is C87H144O5. The molecule has 5 heteroatoms. The largest absolute Gasteiger partial charge is 0.462 e. The standard InChI is InChI=1S/C87H144O5/c1-3-5-7-9-11-13-15-17-19-21-23-25-27-29-31-33-35-37-39-41-42-43-44-46-48-50-52-54-56-58-60-62-64-66-68-70-72-74-76-78-80-82-87(90)92-85(83-88)84-91-86(89)81-79-77-75-73-71-69-67-65-63-61-59-57-55-53-51-49-47-45-40-38-36-34-32-30-28-26-24-22-20-18-16-14-12-10-8-6-4-2/h5-8,11-14,17-20,23-26,29-32,35-38,41-42,44,46,85,88H,3-4,9-10,15-16,21-22,27-28,33-34,39-40,43,45,47-84H2,1-2H3/b7-5-,8-6-,13-11-,14-12-,19-17-,20-18-,25-23-,26-24-,31-29-,32-30-,37-35-,38-36-,42-41-,46-44-. The van der Waals surface area contributed by atoms with Crippen molar-refractivity contribution in [1.82, 2.24) is 0 Å². The highest BCUT2D eigenvalue weighted by atomic mass is 16.6. The van der Waals surface area contributed by atoms with Gasteiger partial charge in [-0.25, -0.2) is 0 Å². The van der Waals surface area contributed by atoms with E-state index in [2.05, 4.69) is 184 Å². The first-order valence-corrected chi connectivity index (χ1v) is 38.7. The van der Waals surface area contributed by atoms with Crippen LogP contribution >= 0.6 is 0 Å². The molecule has 0 bridgehead atoms. The molecule has 0 heterocycles. The van der Waals surface area contributed by atoms with Gasteiger partial charge >= 0.3 is 11.9 Å². The maximum Gasteiger partial charge on any atom is 0.306 e. The van der Waals surface area contributed by atoms with Crippen LogP contribution in [0.1, 0.15) is 348 Å². The number of carbonyl (C=O) groups excluding carboxylic acids is 2. The first kappa shape index (κ1) is 87.3. The molecule has 0 saturated heterocycles. The zero-order valence-corrected chi connectivity index (χ0v) is 60.0. The van der Waals surface area contributed by atoms with E-state index in [1.54, 1.807) is 0 Å². The predicted molar refractivity (Wildman–Crippen MR) is 407 cm³/mol. The molecule has 0 saturated carbocycles. The number of hydrogen-bond donors (Lipinski definition) is 1. The van der Waals surface area contributed by atoms with Crippen molar-refractivity contribution in [2.24, 2.45) is 0 Å². The monoisotopic (exact) mass is 1270 g/mol. The Morgan fingerprint density at radius 2 is 0.435 bits per heavy atom. The first-order valence-electron chi connectivity index (χ1n) is 38.7. The molecule has 0 aromatic heterocycles. The van der Waals surface area contributed by atoms with Crippen LogP contribution in [-0.4, -0.2) is 36.4 Å². The number of carbonyl (C=O) groups is 2. The van der Waals surface area contributed by atoms with Gasteiger partial charge in [-0.05, 0) is 128 Å². The first-order chi connectivity index (χ1) is 45.6. The third-order valence-electron chi connectivity index (χ3n) is 16.5. The zero-order chi connectivity index (χ0) is 66.1. The summed E-state index contributed by atoms with van der Waals surface area (Å²) in [5, 5.41) is 9.73. The topological polar surface area (TPSA) is 72.8 Å². The fourth-order valence-corrected chi connectivity index (χ4v) is 10.8. The van der Waals surface area contributed by atoms with Crippen LogP contribution in [-0.2, 0) is 19.1 Å². The summed E-state index contributed by atoms with van der Waals surface area (Å²) >= 11 is 0. The van der Waals surface area contributed by atoms with Crippen LogP contribution in [0, 0.1) is 0 Å². The Morgan fingerprint density at radius 3 is 0.652 bits per heavy atom. The molecular weight excluding hydrogens is 1120 g/mol. The van der Waals surface area contributed by atoms with Gasteiger partial charge in [0.15, 0.2) is 6.10 Å². The third kappa shape index (κ3) is 77.7. The molecule has 0 spiro atoms. The molecule has 0 radical (unpaired) electrons. The number of allylic oxidation sites excluding steroid dienone is 28. The normalized spacial score (nSPS) is 13.2. The third-order valence-corrected chi connectivity index (χ3v) is 16.5. The summed E-state index contributed by atoms with van der Waals surface area (Å²) in [4.78, 5) is 24.7. The number of rotatable bonds is 70. The molecule has 1 unspecified atom stereocenters. The SMILES string of the molecule is CC/C=C\C/C=C\C/C=C\C/C=C\C/C=C\C/C=C\C/C=C\C/C=C\CCCCCCCCCCCCCCCCCCC(=O)OC(CO)COC(=O)CCCCCCCCCCCCCCCCCCCC/C=C\C/C=C\C/C=C\C/C=C\C/C=C\C/C=C\CC. The minimum absolute atomic E-state index is 0.0692. The van der Waals surface area contributed by atoms with E-state index < -0.39 is 6.10 Å². The lowest BCUT2D eigenvalue weighted by Crippen LogP contribution is -2.28. The van der Waals surface area contributed by atoms with Gasteiger partial charge in [0.2, 0.25) is 0 Å². The van der Waals surface area contributed by atoms with Crippen LogP contribution in [0.2, 0.25) is 0 Å². The van der Waals surface area contributed by atoms with Crippen LogP contribution in [0.15, 0.2) is 170 Å². The molecule has 0 aromatic carbocycles. The number of hydrogen-bond acceptors (Lipinski definition) is 5. The molecule has 0 fully saturated rings. The lowest BCUT2D eigenvalue weighted by atomic mass is 10.0. The van der Waals surface area contributed by atoms with Crippen molar-refractivity contribution in [3.05, 3.63) is 170 Å². The maximum atomic E-state index is 12.4. The second-order valence-electron chi connectivity index (χ2n) is 25.3. The highest BCUT2D eigenvalue weighted by Crippen LogP contribution is 2.18. The van der Waals surface area contributed by atoms with Gasteiger partial charge in [0.1, 0.15) is 6.61 Å². The molecule has 1 N–H and O–H groups in total. The van der Waals surface area contributed by atoms with Gasteiger partial charge < -0.3 is 14.6 Å². The van der Waals surface area contributed by atoms with E-state index in [1.165, 1.54) is 193 Å². The van der Waals surface area contributed by atoms with Crippen molar-refractivity contribution in [2.75, 3.05) is 13.2 Å². The highest BCUT2D eigenvalue weighted by Gasteiger charge is 2.16. The number of unbranched alkanes of at least 4 members (excludes halogenated alkanes) is 34. The molecule has 0 aromatic rings. The summed E-state index contributed by atoms with van der Waals surface area (Å²) in [7, 11) is 0. The van der Waals surface area contributed by atoms with Gasteiger partial charge in [-0.1, -0.05) is 377 Å².